The van der Waals surface area contributed by atoms with Gasteiger partial charge in [-0.3, -0.25) is 14.7 Å². The van der Waals surface area contributed by atoms with E-state index in [0.717, 1.165) is 37.0 Å². The lowest BCUT2D eigenvalue weighted by Crippen LogP contribution is -2.50. The molecule has 2 heterocycles. The number of carbonyl (C=O) groups is 2. The maximum absolute atomic E-state index is 12.1. The van der Waals surface area contributed by atoms with Crippen LogP contribution in [0.25, 0.3) is 10.9 Å². The molecule has 2 N–H and O–H groups in total. The van der Waals surface area contributed by atoms with Crippen molar-refractivity contribution in [3.05, 3.63) is 42.1 Å². The van der Waals surface area contributed by atoms with E-state index in [2.05, 4.69) is 45.6 Å². The largest absolute Gasteiger partial charge is 0.353 e. The summed E-state index contributed by atoms with van der Waals surface area (Å²) >= 11 is 0. The molecule has 27 heavy (non-hydrogen) atoms. The van der Waals surface area contributed by atoms with Crippen molar-refractivity contribution < 1.29 is 9.59 Å². The summed E-state index contributed by atoms with van der Waals surface area (Å²) in [7, 11) is 0. The van der Waals surface area contributed by atoms with Gasteiger partial charge < -0.3 is 15.5 Å². The van der Waals surface area contributed by atoms with E-state index >= 15 is 0 Å². The van der Waals surface area contributed by atoms with Gasteiger partial charge in [0.15, 0.2) is 0 Å². The zero-order valence-electron chi connectivity index (χ0n) is 15.8. The highest BCUT2D eigenvalue weighted by atomic mass is 16.2. The fourth-order valence-electron chi connectivity index (χ4n) is 3.24. The molecule has 2 aromatic rings. The molecule has 0 spiro atoms. The molecule has 0 unspecified atom stereocenters. The van der Waals surface area contributed by atoms with E-state index in [1.165, 1.54) is 5.56 Å². The van der Waals surface area contributed by atoms with E-state index in [4.69, 9.17) is 0 Å². The van der Waals surface area contributed by atoms with Gasteiger partial charge in [0.1, 0.15) is 6.54 Å². The molecule has 0 saturated carbocycles. The summed E-state index contributed by atoms with van der Waals surface area (Å²) < 4.78 is 0. The van der Waals surface area contributed by atoms with Crippen LogP contribution in [-0.4, -0.2) is 66.0 Å². The number of benzene rings is 1. The molecule has 144 valence electrons. The monoisotopic (exact) mass is 369 g/mol. The Bertz CT molecular complexity index is 795. The Morgan fingerprint density at radius 2 is 2.26 bits per heavy atom. The maximum Gasteiger partial charge on any atom is 0.317 e. The van der Waals surface area contributed by atoms with Crippen LogP contribution in [0, 0.1) is 0 Å². The number of urea groups is 1. The molecule has 1 aliphatic rings. The highest BCUT2D eigenvalue weighted by molar-refractivity contribution is 5.84. The predicted octanol–water partition coefficient (Wildman–Crippen LogP) is 1.59. The summed E-state index contributed by atoms with van der Waals surface area (Å²) in [5.41, 5.74) is 2.23. The number of nitrogens with one attached hydrogen (secondary N) is 2. The Morgan fingerprint density at radius 1 is 1.37 bits per heavy atom. The standard InChI is InChI=1S/C20H27N5O2/c1-2-24(14-16-6-7-18-17(13-16)5-3-8-21-18)12-10-22-19(26)15-25-11-4-9-23-20(25)27/h3,5-8,13H,2,4,9-12,14-15H2,1H3,(H,22,26)(H,23,27). The van der Waals surface area contributed by atoms with Crippen molar-refractivity contribution in [3.8, 4) is 0 Å². The highest BCUT2D eigenvalue weighted by Crippen LogP contribution is 2.14. The lowest BCUT2D eigenvalue weighted by molar-refractivity contribution is -0.121. The van der Waals surface area contributed by atoms with Gasteiger partial charge in [0.05, 0.1) is 5.52 Å². The first-order valence-electron chi connectivity index (χ1n) is 9.51. The molecule has 1 fully saturated rings. The van der Waals surface area contributed by atoms with Crippen molar-refractivity contribution in [3.63, 3.8) is 0 Å². The number of fused-ring (bicyclic) bond motifs is 1. The second kappa shape index (κ2) is 9.32. The normalized spacial score (nSPS) is 14.4. The van der Waals surface area contributed by atoms with Gasteiger partial charge in [-0.15, -0.1) is 0 Å². The third kappa shape index (κ3) is 5.40. The van der Waals surface area contributed by atoms with Crippen molar-refractivity contribution in [2.24, 2.45) is 0 Å². The summed E-state index contributed by atoms with van der Waals surface area (Å²) in [6.45, 7) is 6.61. The van der Waals surface area contributed by atoms with Crippen LogP contribution in [-0.2, 0) is 11.3 Å². The van der Waals surface area contributed by atoms with E-state index < -0.39 is 0 Å². The van der Waals surface area contributed by atoms with Crippen LogP contribution in [0.4, 0.5) is 4.79 Å². The number of nitrogens with zero attached hydrogens (tertiary/aromatic N) is 3. The van der Waals surface area contributed by atoms with Gasteiger partial charge in [0.25, 0.3) is 0 Å². The SMILES string of the molecule is CCN(CCNC(=O)CN1CCCNC1=O)Cc1ccc2ncccc2c1. The van der Waals surface area contributed by atoms with Crippen molar-refractivity contribution in [2.45, 2.75) is 19.9 Å². The molecular formula is C20H27N5O2. The van der Waals surface area contributed by atoms with Crippen LogP contribution in [0.5, 0.6) is 0 Å². The fourth-order valence-corrected chi connectivity index (χ4v) is 3.24. The molecule has 1 aliphatic heterocycles. The van der Waals surface area contributed by atoms with Crippen molar-refractivity contribution in [1.29, 1.82) is 0 Å². The fraction of sp³-hybridized carbons (Fsp3) is 0.450. The summed E-state index contributed by atoms with van der Waals surface area (Å²) in [5.74, 6) is -0.111. The molecule has 0 radical (unpaired) electrons. The van der Waals surface area contributed by atoms with Gasteiger partial charge in [0, 0.05) is 44.3 Å². The third-order valence-corrected chi connectivity index (χ3v) is 4.77. The maximum atomic E-state index is 12.1. The van der Waals surface area contributed by atoms with Gasteiger partial charge in [-0.2, -0.15) is 0 Å². The van der Waals surface area contributed by atoms with Crippen molar-refractivity contribution in [1.82, 2.24) is 25.4 Å². The first-order chi connectivity index (χ1) is 13.2. The summed E-state index contributed by atoms with van der Waals surface area (Å²) in [6, 6.07) is 10.2. The second-order valence-electron chi connectivity index (χ2n) is 6.76. The van der Waals surface area contributed by atoms with E-state index in [-0.39, 0.29) is 18.5 Å². The average molecular weight is 369 g/mol. The minimum absolute atomic E-state index is 0.111. The van der Waals surface area contributed by atoms with Crippen molar-refractivity contribution in [2.75, 3.05) is 39.3 Å². The number of aromatic nitrogens is 1. The van der Waals surface area contributed by atoms with Gasteiger partial charge in [0.2, 0.25) is 5.91 Å². The van der Waals surface area contributed by atoms with E-state index in [1.807, 2.05) is 12.1 Å². The molecule has 1 aromatic carbocycles. The van der Waals surface area contributed by atoms with Crippen LogP contribution in [0.3, 0.4) is 0 Å². The molecule has 0 aliphatic carbocycles. The molecule has 1 saturated heterocycles. The Kier molecular flexibility index (Phi) is 6.59. The number of hydrogen-bond donors (Lipinski definition) is 2. The Labute approximate surface area is 159 Å². The molecule has 0 atom stereocenters. The third-order valence-electron chi connectivity index (χ3n) is 4.77. The van der Waals surface area contributed by atoms with Gasteiger partial charge in [-0.1, -0.05) is 19.1 Å². The van der Waals surface area contributed by atoms with E-state index in [1.54, 1.807) is 11.1 Å². The summed E-state index contributed by atoms with van der Waals surface area (Å²) in [6.07, 6.45) is 2.68. The average Bonchev–Trinajstić information content (AvgIpc) is 2.69. The number of likely N-dealkylation sites (N-methyl/N-ethyl adjacent to an activating group) is 1. The predicted molar refractivity (Wildman–Crippen MR) is 105 cm³/mol. The Hall–Kier alpha value is -2.67. The second-order valence-corrected chi connectivity index (χ2v) is 6.76. The number of rotatable bonds is 8. The van der Waals surface area contributed by atoms with Crippen LogP contribution in [0.2, 0.25) is 0 Å². The molecule has 1 aromatic heterocycles. The van der Waals surface area contributed by atoms with Crippen LogP contribution in [0.1, 0.15) is 18.9 Å². The molecule has 7 nitrogen and oxygen atoms in total. The zero-order valence-corrected chi connectivity index (χ0v) is 15.8. The summed E-state index contributed by atoms with van der Waals surface area (Å²) in [5, 5.41) is 6.81. The highest BCUT2D eigenvalue weighted by Gasteiger charge is 2.19. The number of hydrogen-bond acceptors (Lipinski definition) is 4. The van der Waals surface area contributed by atoms with Gasteiger partial charge in [-0.05, 0) is 36.7 Å². The van der Waals surface area contributed by atoms with Gasteiger partial charge in [-0.25, -0.2) is 4.79 Å². The minimum Gasteiger partial charge on any atom is -0.353 e. The van der Waals surface area contributed by atoms with Gasteiger partial charge >= 0.3 is 6.03 Å². The van der Waals surface area contributed by atoms with E-state index in [0.29, 0.717) is 19.6 Å². The smallest absolute Gasteiger partial charge is 0.317 e. The quantitative estimate of drug-likeness (QED) is 0.741. The lowest BCUT2D eigenvalue weighted by atomic mass is 10.1. The number of pyridine rings is 1. The Morgan fingerprint density at radius 3 is 3.07 bits per heavy atom. The van der Waals surface area contributed by atoms with E-state index in [9.17, 15) is 9.59 Å². The first kappa shape index (κ1) is 19.1. The van der Waals surface area contributed by atoms with Crippen LogP contribution < -0.4 is 10.6 Å². The topological polar surface area (TPSA) is 77.6 Å². The molecule has 7 heteroatoms. The Balaban J connectivity index is 1.45. The minimum atomic E-state index is -0.155. The molecule has 3 amide bonds. The first-order valence-corrected chi connectivity index (χ1v) is 9.51. The number of carbonyl (C=O) groups excluding carboxylic acids is 2. The van der Waals surface area contributed by atoms with Crippen LogP contribution in [0.15, 0.2) is 36.5 Å². The molecule has 0 bridgehead atoms. The summed E-state index contributed by atoms with van der Waals surface area (Å²) in [4.78, 5) is 31.9. The molecule has 3 rings (SSSR count). The van der Waals surface area contributed by atoms with Crippen molar-refractivity contribution >= 4 is 22.8 Å². The molecular weight excluding hydrogens is 342 g/mol. The zero-order chi connectivity index (χ0) is 19.1. The van der Waals surface area contributed by atoms with Crippen LogP contribution >= 0.6 is 0 Å². The number of amides is 3. The lowest BCUT2D eigenvalue weighted by Gasteiger charge is -2.27.